The molecule has 100 valence electrons. The number of nitrogens with two attached hydrogens (primary N) is 1. The first-order chi connectivity index (χ1) is 8.41. The normalized spacial score (nSPS) is 10.7. The Kier molecular flexibility index (Phi) is 5.55. The van der Waals surface area contributed by atoms with E-state index in [4.69, 9.17) is 15.2 Å². The van der Waals surface area contributed by atoms with Crippen molar-refractivity contribution in [3.8, 4) is 0 Å². The number of hydrogen-bond acceptors (Lipinski definition) is 4. The number of ether oxygens (including phenoxy) is 2. The molecule has 0 amide bonds. The van der Waals surface area contributed by atoms with Gasteiger partial charge in [-0.05, 0) is 41.9 Å². The molecule has 0 unspecified atom stereocenters. The Morgan fingerprint density at radius 3 is 2.72 bits per heavy atom. The number of nitrogen functional groups attached to an aromatic ring is 1. The van der Waals surface area contributed by atoms with Crippen LogP contribution in [0.1, 0.15) is 24.2 Å². The lowest BCUT2D eigenvalue weighted by molar-refractivity contribution is 0.0176. The quantitative estimate of drug-likeness (QED) is 0.515. The van der Waals surface area contributed by atoms with Gasteiger partial charge in [0.2, 0.25) is 0 Å². The van der Waals surface area contributed by atoms with Crippen molar-refractivity contribution >= 4 is 27.6 Å². The lowest BCUT2D eigenvalue weighted by Crippen LogP contribution is -2.14. The minimum absolute atomic E-state index is 0.0805. The lowest BCUT2D eigenvalue weighted by atomic mass is 10.2. The monoisotopic (exact) mass is 319 g/mol. The molecule has 0 saturated heterocycles. The number of benzene rings is 1. The van der Waals surface area contributed by atoms with Gasteiger partial charge in [0.15, 0.2) is 0 Å². The molecule has 6 heteroatoms. The SMILES string of the molecule is CC(C)OCCOC(=O)c1cc(N)c(F)cc1Br. The molecule has 0 radical (unpaired) electrons. The zero-order valence-electron chi connectivity index (χ0n) is 10.2. The van der Waals surface area contributed by atoms with Gasteiger partial charge in [0, 0.05) is 4.47 Å². The Balaban J connectivity index is 2.59. The van der Waals surface area contributed by atoms with E-state index in [1.54, 1.807) is 0 Å². The van der Waals surface area contributed by atoms with E-state index in [-0.39, 0.29) is 24.0 Å². The summed E-state index contributed by atoms with van der Waals surface area (Å²) in [6, 6.07) is 2.38. The minimum Gasteiger partial charge on any atom is -0.460 e. The second-order valence-corrected chi connectivity index (χ2v) is 4.76. The molecular formula is C12H15BrFNO3. The van der Waals surface area contributed by atoms with Gasteiger partial charge in [0.25, 0.3) is 0 Å². The average Bonchev–Trinajstić information content (AvgIpc) is 2.28. The van der Waals surface area contributed by atoms with Gasteiger partial charge < -0.3 is 15.2 Å². The highest BCUT2D eigenvalue weighted by molar-refractivity contribution is 9.10. The summed E-state index contributed by atoms with van der Waals surface area (Å²) in [7, 11) is 0. The van der Waals surface area contributed by atoms with Crippen molar-refractivity contribution in [1.82, 2.24) is 0 Å². The molecule has 0 aromatic heterocycles. The second kappa shape index (κ2) is 6.70. The summed E-state index contributed by atoms with van der Waals surface area (Å²) in [4.78, 5) is 11.7. The Morgan fingerprint density at radius 1 is 1.44 bits per heavy atom. The van der Waals surface area contributed by atoms with E-state index >= 15 is 0 Å². The van der Waals surface area contributed by atoms with Crippen molar-refractivity contribution in [3.05, 3.63) is 28.0 Å². The molecule has 2 N–H and O–H groups in total. The van der Waals surface area contributed by atoms with Crippen molar-refractivity contribution < 1.29 is 18.7 Å². The third-order valence-corrected chi connectivity index (χ3v) is 2.73. The largest absolute Gasteiger partial charge is 0.460 e. The summed E-state index contributed by atoms with van der Waals surface area (Å²) in [5, 5.41) is 0. The molecule has 0 aliphatic rings. The van der Waals surface area contributed by atoms with Crippen molar-refractivity contribution in [2.45, 2.75) is 20.0 Å². The number of carbonyl (C=O) groups excluding carboxylic acids is 1. The van der Waals surface area contributed by atoms with Crippen LogP contribution in [0.5, 0.6) is 0 Å². The molecule has 0 saturated carbocycles. The summed E-state index contributed by atoms with van der Waals surface area (Å²) in [5.41, 5.74) is 5.49. The Labute approximate surface area is 113 Å². The molecule has 0 bridgehead atoms. The molecule has 0 aliphatic heterocycles. The van der Waals surface area contributed by atoms with E-state index in [1.807, 2.05) is 13.8 Å². The minimum atomic E-state index is -0.582. The van der Waals surface area contributed by atoms with Crippen molar-refractivity contribution in [1.29, 1.82) is 0 Å². The molecule has 0 heterocycles. The first-order valence-electron chi connectivity index (χ1n) is 5.45. The first kappa shape index (κ1) is 14.9. The van der Waals surface area contributed by atoms with Gasteiger partial charge >= 0.3 is 5.97 Å². The molecule has 0 spiro atoms. The van der Waals surface area contributed by atoms with Crippen LogP contribution >= 0.6 is 15.9 Å². The van der Waals surface area contributed by atoms with Gasteiger partial charge in [-0.25, -0.2) is 9.18 Å². The summed E-state index contributed by atoms with van der Waals surface area (Å²) in [6.45, 7) is 4.23. The molecule has 0 fully saturated rings. The second-order valence-electron chi connectivity index (χ2n) is 3.91. The Hall–Kier alpha value is -1.14. The van der Waals surface area contributed by atoms with E-state index in [0.29, 0.717) is 11.1 Å². The molecular weight excluding hydrogens is 305 g/mol. The van der Waals surface area contributed by atoms with E-state index in [9.17, 15) is 9.18 Å². The first-order valence-corrected chi connectivity index (χ1v) is 6.24. The highest BCUT2D eigenvalue weighted by Crippen LogP contribution is 2.23. The van der Waals surface area contributed by atoms with Gasteiger partial charge in [-0.3, -0.25) is 0 Å². The van der Waals surface area contributed by atoms with Crippen molar-refractivity contribution in [2.75, 3.05) is 18.9 Å². The van der Waals surface area contributed by atoms with Crippen molar-refractivity contribution in [3.63, 3.8) is 0 Å². The maximum Gasteiger partial charge on any atom is 0.339 e. The number of hydrogen-bond donors (Lipinski definition) is 1. The van der Waals surface area contributed by atoms with E-state index in [2.05, 4.69) is 15.9 Å². The molecule has 1 aromatic carbocycles. The van der Waals surface area contributed by atoms with Crippen LogP contribution in [0.15, 0.2) is 16.6 Å². The number of carbonyl (C=O) groups is 1. The molecule has 0 aliphatic carbocycles. The van der Waals surface area contributed by atoms with E-state index in [0.717, 1.165) is 6.07 Å². The summed E-state index contributed by atoms with van der Waals surface area (Å²) in [5.74, 6) is -1.15. The van der Waals surface area contributed by atoms with E-state index in [1.165, 1.54) is 6.07 Å². The number of halogens is 2. The summed E-state index contributed by atoms with van der Waals surface area (Å²) in [6.07, 6.45) is 0.0805. The fourth-order valence-electron chi connectivity index (χ4n) is 1.22. The number of esters is 1. The zero-order chi connectivity index (χ0) is 13.7. The number of anilines is 1. The van der Waals surface area contributed by atoms with Gasteiger partial charge in [-0.1, -0.05) is 0 Å². The van der Waals surface area contributed by atoms with Crippen LogP contribution in [-0.4, -0.2) is 25.3 Å². The van der Waals surface area contributed by atoms with Gasteiger partial charge in [-0.15, -0.1) is 0 Å². The van der Waals surface area contributed by atoms with Crippen LogP contribution in [0.3, 0.4) is 0 Å². The highest BCUT2D eigenvalue weighted by Gasteiger charge is 2.14. The molecule has 1 aromatic rings. The Morgan fingerprint density at radius 2 is 2.11 bits per heavy atom. The standard InChI is InChI=1S/C12H15BrFNO3/c1-7(2)17-3-4-18-12(16)8-5-11(15)10(14)6-9(8)13/h5-7H,3-4,15H2,1-2H3. The average molecular weight is 320 g/mol. The van der Waals surface area contributed by atoms with Gasteiger partial charge in [0.1, 0.15) is 12.4 Å². The van der Waals surface area contributed by atoms with Crippen LogP contribution in [-0.2, 0) is 9.47 Å². The lowest BCUT2D eigenvalue weighted by Gasteiger charge is -2.09. The highest BCUT2D eigenvalue weighted by atomic mass is 79.9. The third kappa shape index (κ3) is 4.27. The predicted molar refractivity (Wildman–Crippen MR) is 69.9 cm³/mol. The predicted octanol–water partition coefficient (Wildman–Crippen LogP) is 2.75. The van der Waals surface area contributed by atoms with Gasteiger partial charge in [-0.2, -0.15) is 0 Å². The molecule has 1 rings (SSSR count). The maximum atomic E-state index is 13.1. The van der Waals surface area contributed by atoms with E-state index < -0.39 is 11.8 Å². The topological polar surface area (TPSA) is 61.5 Å². The molecule has 4 nitrogen and oxygen atoms in total. The summed E-state index contributed by atoms with van der Waals surface area (Å²) < 4.78 is 23.6. The number of rotatable bonds is 5. The summed E-state index contributed by atoms with van der Waals surface area (Å²) >= 11 is 3.09. The maximum absolute atomic E-state index is 13.1. The molecule has 0 atom stereocenters. The fraction of sp³-hybridized carbons (Fsp3) is 0.417. The van der Waals surface area contributed by atoms with Crippen LogP contribution < -0.4 is 5.73 Å². The van der Waals surface area contributed by atoms with Crippen LogP contribution in [0.25, 0.3) is 0 Å². The fourth-order valence-corrected chi connectivity index (χ4v) is 1.70. The Bertz CT molecular complexity index is 438. The zero-order valence-corrected chi connectivity index (χ0v) is 11.8. The smallest absolute Gasteiger partial charge is 0.339 e. The van der Waals surface area contributed by atoms with Crippen LogP contribution in [0, 0.1) is 5.82 Å². The van der Waals surface area contributed by atoms with Crippen molar-refractivity contribution in [2.24, 2.45) is 0 Å². The van der Waals surface area contributed by atoms with Crippen LogP contribution in [0.2, 0.25) is 0 Å². The molecule has 18 heavy (non-hydrogen) atoms. The van der Waals surface area contributed by atoms with Crippen LogP contribution in [0.4, 0.5) is 10.1 Å². The van der Waals surface area contributed by atoms with Gasteiger partial charge in [0.05, 0.1) is 24.0 Å². The third-order valence-electron chi connectivity index (χ3n) is 2.07.